The van der Waals surface area contributed by atoms with Crippen molar-refractivity contribution >= 4 is 8.07 Å². The van der Waals surface area contributed by atoms with Gasteiger partial charge in [0.1, 0.15) is 8.07 Å². The van der Waals surface area contributed by atoms with Gasteiger partial charge >= 0.3 is 0 Å². The molecule has 0 aromatic rings. The smallest absolute Gasteiger partial charge is 0.117 e. The summed E-state index contributed by atoms with van der Waals surface area (Å²) in [5, 5.41) is 0.336. The Morgan fingerprint density at radius 3 is 2.12 bits per heavy atom. The van der Waals surface area contributed by atoms with E-state index in [0.29, 0.717) is 5.04 Å². The third-order valence-electron chi connectivity index (χ3n) is 3.56. The number of unbranched alkanes of at least 4 members (excludes halogenated alkanes) is 4. The van der Waals surface area contributed by atoms with E-state index in [1.54, 1.807) is 0 Å². The van der Waals surface area contributed by atoms with E-state index in [1.165, 1.54) is 25.7 Å². The second-order valence-electron chi connectivity index (χ2n) is 6.24. The summed E-state index contributed by atoms with van der Waals surface area (Å²) in [6.45, 7) is 13.7. The highest BCUT2D eigenvalue weighted by molar-refractivity contribution is 6.87. The van der Waals surface area contributed by atoms with Crippen LogP contribution < -0.4 is 0 Å². The molecule has 0 aromatic carbocycles. The quantitative estimate of drug-likeness (QED) is 0.373. The molecule has 0 unspecified atom stereocenters. The first-order chi connectivity index (χ1) is 7.81. The molecule has 96 valence electrons. The van der Waals surface area contributed by atoms with Crippen LogP contribution in [0, 0.1) is 23.3 Å². The Hall–Kier alpha value is -0.663. The maximum absolute atomic E-state index is 3.42. The standard InChI is InChI=1S/C16H28Si/c1-7-8-9-10-11-12-13-14-15-17(5,6)16(2,3)4/h7-11H2,1-6H3. The van der Waals surface area contributed by atoms with Gasteiger partial charge in [-0.15, -0.1) is 5.54 Å². The minimum Gasteiger partial charge on any atom is -0.117 e. The van der Waals surface area contributed by atoms with Crippen LogP contribution in [0.1, 0.15) is 59.8 Å². The first-order valence-electron chi connectivity index (χ1n) is 6.81. The molecular formula is C16H28Si. The summed E-state index contributed by atoms with van der Waals surface area (Å²) in [4.78, 5) is 0. The van der Waals surface area contributed by atoms with Crippen molar-refractivity contribution in [2.75, 3.05) is 0 Å². The lowest BCUT2D eigenvalue weighted by molar-refractivity contribution is 0.680. The molecule has 0 aliphatic rings. The summed E-state index contributed by atoms with van der Waals surface area (Å²) in [6.07, 6.45) is 6.16. The van der Waals surface area contributed by atoms with Crippen LogP contribution >= 0.6 is 0 Å². The molecule has 0 bridgehead atoms. The molecule has 0 radical (unpaired) electrons. The molecule has 0 aliphatic carbocycles. The zero-order chi connectivity index (χ0) is 13.4. The molecular weight excluding hydrogens is 220 g/mol. The van der Waals surface area contributed by atoms with E-state index in [-0.39, 0.29) is 0 Å². The Bertz CT molecular complexity index is 322. The summed E-state index contributed by atoms with van der Waals surface area (Å²) in [5.41, 5.74) is 3.42. The highest BCUT2D eigenvalue weighted by Gasteiger charge is 2.33. The molecule has 0 rings (SSSR count). The molecule has 0 fully saturated rings. The molecule has 1 heteroatoms. The van der Waals surface area contributed by atoms with Crippen LogP contribution in [0.15, 0.2) is 0 Å². The summed E-state index contributed by atoms with van der Waals surface area (Å²) in [7, 11) is -1.45. The van der Waals surface area contributed by atoms with Crippen LogP contribution in [0.2, 0.25) is 18.1 Å². The van der Waals surface area contributed by atoms with Crippen molar-refractivity contribution in [1.29, 1.82) is 0 Å². The van der Waals surface area contributed by atoms with Crippen LogP contribution in [0.4, 0.5) is 0 Å². The molecule has 0 aromatic heterocycles. The van der Waals surface area contributed by atoms with Crippen molar-refractivity contribution in [2.24, 2.45) is 0 Å². The van der Waals surface area contributed by atoms with Gasteiger partial charge in [0.05, 0.1) is 0 Å². The predicted molar refractivity (Wildman–Crippen MR) is 81.5 cm³/mol. The monoisotopic (exact) mass is 248 g/mol. The number of hydrogen-bond donors (Lipinski definition) is 0. The predicted octanol–water partition coefficient (Wildman–Crippen LogP) is 5.01. The van der Waals surface area contributed by atoms with Crippen molar-refractivity contribution < 1.29 is 0 Å². The summed E-state index contributed by atoms with van der Waals surface area (Å²) >= 11 is 0. The van der Waals surface area contributed by atoms with Crippen molar-refractivity contribution in [3.05, 3.63) is 0 Å². The summed E-state index contributed by atoms with van der Waals surface area (Å²) in [6, 6.07) is 0. The fourth-order valence-electron chi connectivity index (χ4n) is 1.12. The lowest BCUT2D eigenvalue weighted by Crippen LogP contribution is -2.35. The first-order valence-corrected chi connectivity index (χ1v) is 9.81. The lowest BCUT2D eigenvalue weighted by Gasteiger charge is -2.31. The average Bonchev–Trinajstić information content (AvgIpc) is 2.20. The van der Waals surface area contributed by atoms with Crippen LogP contribution in [-0.2, 0) is 0 Å². The number of hydrogen-bond acceptors (Lipinski definition) is 0. The second-order valence-corrected chi connectivity index (χ2v) is 11.2. The van der Waals surface area contributed by atoms with Gasteiger partial charge in [-0.1, -0.05) is 66.0 Å². The third-order valence-corrected chi connectivity index (χ3v) is 8.06. The van der Waals surface area contributed by atoms with Crippen molar-refractivity contribution in [3.8, 4) is 23.3 Å². The van der Waals surface area contributed by atoms with Gasteiger partial charge in [0, 0.05) is 6.42 Å². The fourth-order valence-corrected chi connectivity index (χ4v) is 1.87. The highest BCUT2D eigenvalue weighted by Crippen LogP contribution is 2.34. The highest BCUT2D eigenvalue weighted by atomic mass is 28.3. The van der Waals surface area contributed by atoms with E-state index in [2.05, 4.69) is 64.1 Å². The zero-order valence-electron chi connectivity index (χ0n) is 12.5. The third kappa shape index (κ3) is 7.30. The van der Waals surface area contributed by atoms with E-state index < -0.39 is 8.07 Å². The van der Waals surface area contributed by atoms with Gasteiger partial charge in [0.25, 0.3) is 0 Å². The maximum atomic E-state index is 3.42. The van der Waals surface area contributed by atoms with Crippen LogP contribution in [0.5, 0.6) is 0 Å². The molecule has 0 nitrogen and oxygen atoms in total. The average molecular weight is 248 g/mol. The molecule has 0 spiro atoms. The van der Waals surface area contributed by atoms with Gasteiger partial charge in [-0.25, -0.2) is 0 Å². The Morgan fingerprint density at radius 2 is 1.59 bits per heavy atom. The Labute approximate surface area is 110 Å². The number of rotatable bonds is 4. The van der Waals surface area contributed by atoms with Crippen LogP contribution in [-0.4, -0.2) is 8.07 Å². The van der Waals surface area contributed by atoms with Gasteiger partial charge in [-0.3, -0.25) is 0 Å². The molecule has 0 aliphatic heterocycles. The van der Waals surface area contributed by atoms with Gasteiger partial charge in [0.2, 0.25) is 0 Å². The summed E-state index contributed by atoms with van der Waals surface area (Å²) < 4.78 is 0. The van der Waals surface area contributed by atoms with Crippen LogP contribution in [0.25, 0.3) is 0 Å². The molecule has 0 saturated heterocycles. The summed E-state index contributed by atoms with van der Waals surface area (Å²) in [5.74, 6) is 9.25. The SMILES string of the molecule is CCCCCCC#CC#C[Si](C)(C)C(C)(C)C. The van der Waals surface area contributed by atoms with Gasteiger partial charge in [-0.05, 0) is 23.3 Å². The maximum Gasteiger partial charge on any atom is 0.139 e. The molecule has 0 amide bonds. The van der Waals surface area contributed by atoms with Gasteiger partial charge in [-0.2, -0.15) is 0 Å². The lowest BCUT2D eigenvalue weighted by atomic mass is 10.2. The van der Waals surface area contributed by atoms with Crippen molar-refractivity contribution in [2.45, 2.75) is 77.9 Å². The Kier molecular flexibility index (Phi) is 7.32. The van der Waals surface area contributed by atoms with Crippen molar-refractivity contribution in [1.82, 2.24) is 0 Å². The van der Waals surface area contributed by atoms with E-state index in [9.17, 15) is 0 Å². The van der Waals surface area contributed by atoms with Gasteiger partial charge in [0.15, 0.2) is 0 Å². The zero-order valence-corrected chi connectivity index (χ0v) is 13.5. The minimum atomic E-state index is -1.45. The van der Waals surface area contributed by atoms with Gasteiger partial charge < -0.3 is 0 Å². The molecule has 0 N–H and O–H groups in total. The van der Waals surface area contributed by atoms with Crippen LogP contribution in [0.3, 0.4) is 0 Å². The first kappa shape index (κ1) is 16.3. The Morgan fingerprint density at radius 1 is 0.941 bits per heavy atom. The van der Waals surface area contributed by atoms with Crippen molar-refractivity contribution in [3.63, 3.8) is 0 Å². The van der Waals surface area contributed by atoms with E-state index >= 15 is 0 Å². The van der Waals surface area contributed by atoms with E-state index in [1.807, 2.05) is 0 Å². The normalized spacial score (nSPS) is 11.2. The second kappa shape index (κ2) is 7.62. The topological polar surface area (TPSA) is 0 Å². The fraction of sp³-hybridized carbons (Fsp3) is 0.750. The Balaban J connectivity index is 4.08. The molecule has 0 heterocycles. The molecule has 17 heavy (non-hydrogen) atoms. The van der Waals surface area contributed by atoms with E-state index in [4.69, 9.17) is 0 Å². The molecule has 0 saturated carbocycles. The molecule has 0 atom stereocenters. The largest absolute Gasteiger partial charge is 0.139 e. The van der Waals surface area contributed by atoms with E-state index in [0.717, 1.165) is 6.42 Å². The minimum absolute atomic E-state index is 0.336.